The molecule has 0 aliphatic heterocycles. The van der Waals surface area contributed by atoms with Crippen molar-refractivity contribution in [2.75, 3.05) is 19.7 Å². The molecular weight excluding hydrogens is 446 g/mol. The van der Waals surface area contributed by atoms with Gasteiger partial charge in [-0.05, 0) is 87.5 Å². The van der Waals surface area contributed by atoms with Crippen LogP contribution in [0.4, 0.5) is 0 Å². The molecule has 3 aromatic carbocycles. The quantitative estimate of drug-likeness (QED) is 0.199. The second-order valence-electron chi connectivity index (χ2n) is 8.22. The molecule has 5 nitrogen and oxygen atoms in total. The first kappa shape index (κ1) is 23.8. The molecular formula is C28H29NO4S. The SMILES string of the molecule is CCNCCCOc1ccc(Oc2c(C(=O)c3cc(C)ccc3C)sc3cc(O)ccc23)cc1. The number of aromatic hydroxyl groups is 1. The summed E-state index contributed by atoms with van der Waals surface area (Å²) in [4.78, 5) is 14.1. The monoisotopic (exact) mass is 475 g/mol. The van der Waals surface area contributed by atoms with Gasteiger partial charge in [-0.2, -0.15) is 0 Å². The highest BCUT2D eigenvalue weighted by molar-refractivity contribution is 7.21. The van der Waals surface area contributed by atoms with Gasteiger partial charge in [0.05, 0.1) is 6.61 Å². The van der Waals surface area contributed by atoms with Gasteiger partial charge < -0.3 is 19.9 Å². The lowest BCUT2D eigenvalue weighted by Gasteiger charge is -2.11. The van der Waals surface area contributed by atoms with Crippen molar-refractivity contribution in [3.8, 4) is 23.0 Å². The summed E-state index contributed by atoms with van der Waals surface area (Å²) in [5.74, 6) is 1.96. The number of aryl methyl sites for hydroxylation is 2. The number of benzene rings is 3. The lowest BCUT2D eigenvalue weighted by Crippen LogP contribution is -2.16. The zero-order chi connectivity index (χ0) is 24.1. The summed E-state index contributed by atoms with van der Waals surface area (Å²) in [6.45, 7) is 8.51. The van der Waals surface area contributed by atoms with E-state index < -0.39 is 0 Å². The summed E-state index contributed by atoms with van der Waals surface area (Å²) in [7, 11) is 0. The molecule has 0 fully saturated rings. The van der Waals surface area contributed by atoms with E-state index in [9.17, 15) is 9.90 Å². The first-order valence-electron chi connectivity index (χ1n) is 11.4. The first-order valence-corrected chi connectivity index (χ1v) is 12.3. The number of ketones is 1. The van der Waals surface area contributed by atoms with Crippen molar-refractivity contribution in [2.45, 2.75) is 27.2 Å². The molecule has 0 saturated carbocycles. The van der Waals surface area contributed by atoms with E-state index in [2.05, 4.69) is 12.2 Å². The summed E-state index contributed by atoms with van der Waals surface area (Å²) in [5.41, 5.74) is 2.59. The number of phenols is 1. The first-order chi connectivity index (χ1) is 16.5. The Balaban J connectivity index is 1.62. The highest BCUT2D eigenvalue weighted by Gasteiger charge is 2.23. The normalized spacial score (nSPS) is 11.0. The molecule has 0 bridgehead atoms. The summed E-state index contributed by atoms with van der Waals surface area (Å²) in [6, 6.07) is 18.4. The molecule has 0 saturated heterocycles. The van der Waals surface area contributed by atoms with Crippen molar-refractivity contribution >= 4 is 27.2 Å². The standard InChI is InChI=1S/C28H29NO4S/c1-4-29-14-5-15-32-21-9-11-22(12-10-21)33-27-23-13-8-20(30)17-25(23)34-28(27)26(31)24-16-18(2)6-7-19(24)3/h6-13,16-17,29-30H,4-5,14-15H2,1-3H3. The second kappa shape index (κ2) is 10.7. The summed E-state index contributed by atoms with van der Waals surface area (Å²) >= 11 is 1.33. The fourth-order valence-corrected chi connectivity index (χ4v) is 4.82. The maximum absolute atomic E-state index is 13.6. The van der Waals surface area contributed by atoms with Gasteiger partial charge in [0.1, 0.15) is 22.1 Å². The fraction of sp³-hybridized carbons (Fsp3) is 0.250. The molecule has 0 radical (unpaired) electrons. The van der Waals surface area contributed by atoms with E-state index >= 15 is 0 Å². The van der Waals surface area contributed by atoms with E-state index in [1.165, 1.54) is 11.3 Å². The summed E-state index contributed by atoms with van der Waals surface area (Å²) in [5, 5.41) is 14.0. The molecule has 34 heavy (non-hydrogen) atoms. The van der Waals surface area contributed by atoms with Crippen molar-refractivity contribution in [3.63, 3.8) is 0 Å². The minimum absolute atomic E-state index is 0.0856. The van der Waals surface area contributed by atoms with Gasteiger partial charge in [0.25, 0.3) is 0 Å². The molecule has 4 aromatic rings. The van der Waals surface area contributed by atoms with E-state index in [4.69, 9.17) is 9.47 Å². The van der Waals surface area contributed by atoms with Gasteiger partial charge >= 0.3 is 0 Å². The van der Waals surface area contributed by atoms with E-state index in [1.807, 2.05) is 56.3 Å². The Morgan fingerprint density at radius 2 is 1.76 bits per heavy atom. The Hall–Kier alpha value is -3.35. The third kappa shape index (κ3) is 5.41. The molecule has 1 aromatic heterocycles. The Bertz CT molecular complexity index is 1290. The van der Waals surface area contributed by atoms with Crippen LogP contribution in [-0.4, -0.2) is 30.6 Å². The highest BCUT2D eigenvalue weighted by atomic mass is 32.1. The maximum atomic E-state index is 13.6. The fourth-order valence-electron chi connectivity index (χ4n) is 3.70. The summed E-state index contributed by atoms with van der Waals surface area (Å²) < 4.78 is 12.9. The number of thiophene rings is 1. The molecule has 0 amide bonds. The van der Waals surface area contributed by atoms with E-state index in [0.29, 0.717) is 28.5 Å². The smallest absolute Gasteiger partial charge is 0.207 e. The van der Waals surface area contributed by atoms with Crippen LogP contribution >= 0.6 is 11.3 Å². The molecule has 176 valence electrons. The molecule has 0 aliphatic carbocycles. The third-order valence-electron chi connectivity index (χ3n) is 5.53. The summed E-state index contributed by atoms with van der Waals surface area (Å²) in [6.07, 6.45) is 0.934. The largest absolute Gasteiger partial charge is 0.508 e. The van der Waals surface area contributed by atoms with Crippen LogP contribution in [0.15, 0.2) is 60.7 Å². The topological polar surface area (TPSA) is 67.8 Å². The van der Waals surface area contributed by atoms with E-state index in [1.54, 1.807) is 18.2 Å². The lowest BCUT2D eigenvalue weighted by atomic mass is 10.0. The van der Waals surface area contributed by atoms with Crippen LogP contribution in [0.25, 0.3) is 10.1 Å². The van der Waals surface area contributed by atoms with Crippen LogP contribution in [0, 0.1) is 13.8 Å². The molecule has 0 unspecified atom stereocenters. The zero-order valence-corrected chi connectivity index (χ0v) is 20.5. The molecule has 0 aliphatic rings. The van der Waals surface area contributed by atoms with Crippen LogP contribution in [0.2, 0.25) is 0 Å². The number of rotatable bonds is 10. The molecule has 0 spiro atoms. The van der Waals surface area contributed by atoms with Crippen LogP contribution < -0.4 is 14.8 Å². The Kier molecular flexibility index (Phi) is 7.50. The average molecular weight is 476 g/mol. The van der Waals surface area contributed by atoms with Crippen molar-refractivity contribution in [1.82, 2.24) is 5.32 Å². The Labute approximate surface area is 204 Å². The van der Waals surface area contributed by atoms with Crippen molar-refractivity contribution in [1.29, 1.82) is 0 Å². The van der Waals surface area contributed by atoms with Gasteiger partial charge in [-0.1, -0.05) is 24.6 Å². The number of hydrogen-bond acceptors (Lipinski definition) is 6. The Morgan fingerprint density at radius 1 is 1.00 bits per heavy atom. The van der Waals surface area contributed by atoms with Gasteiger partial charge in [-0.25, -0.2) is 0 Å². The number of fused-ring (bicyclic) bond motifs is 1. The van der Waals surface area contributed by atoms with Gasteiger partial charge in [0.15, 0.2) is 5.75 Å². The average Bonchev–Trinajstić information content (AvgIpc) is 3.18. The zero-order valence-electron chi connectivity index (χ0n) is 19.7. The van der Waals surface area contributed by atoms with Gasteiger partial charge in [-0.15, -0.1) is 11.3 Å². The molecule has 4 rings (SSSR count). The van der Waals surface area contributed by atoms with Crippen LogP contribution in [0.3, 0.4) is 0 Å². The minimum Gasteiger partial charge on any atom is -0.508 e. The Morgan fingerprint density at radius 3 is 2.53 bits per heavy atom. The van der Waals surface area contributed by atoms with Crippen LogP contribution in [0.5, 0.6) is 23.0 Å². The van der Waals surface area contributed by atoms with Crippen LogP contribution in [0.1, 0.15) is 39.7 Å². The van der Waals surface area contributed by atoms with Gasteiger partial charge in [0, 0.05) is 15.6 Å². The third-order valence-corrected chi connectivity index (χ3v) is 6.66. The van der Waals surface area contributed by atoms with E-state index in [-0.39, 0.29) is 11.5 Å². The number of ether oxygens (including phenoxy) is 2. The van der Waals surface area contributed by atoms with Crippen molar-refractivity contribution in [3.05, 3.63) is 82.2 Å². The van der Waals surface area contributed by atoms with Crippen molar-refractivity contribution in [2.24, 2.45) is 0 Å². The lowest BCUT2D eigenvalue weighted by molar-refractivity contribution is 0.104. The van der Waals surface area contributed by atoms with Gasteiger partial charge in [-0.3, -0.25) is 4.79 Å². The number of hydrogen-bond donors (Lipinski definition) is 2. The number of carbonyl (C=O) groups excluding carboxylic acids is 1. The van der Waals surface area contributed by atoms with Crippen molar-refractivity contribution < 1.29 is 19.4 Å². The highest BCUT2D eigenvalue weighted by Crippen LogP contribution is 2.43. The number of nitrogens with one attached hydrogen (secondary N) is 1. The van der Waals surface area contributed by atoms with Crippen LogP contribution in [-0.2, 0) is 0 Å². The predicted octanol–water partition coefficient (Wildman–Crippen LogP) is 6.63. The predicted molar refractivity (Wildman–Crippen MR) is 138 cm³/mol. The number of carbonyl (C=O) groups is 1. The second-order valence-corrected chi connectivity index (χ2v) is 9.27. The molecule has 6 heteroatoms. The van der Waals surface area contributed by atoms with E-state index in [0.717, 1.165) is 46.5 Å². The van der Waals surface area contributed by atoms with Gasteiger partial charge in [0.2, 0.25) is 5.78 Å². The number of phenolic OH excluding ortho intramolecular Hbond substituents is 1. The molecule has 2 N–H and O–H groups in total. The maximum Gasteiger partial charge on any atom is 0.207 e. The molecule has 1 heterocycles. The minimum atomic E-state index is -0.0856. The molecule has 0 atom stereocenters.